The highest BCUT2D eigenvalue weighted by atomic mass is 35.5. The highest BCUT2D eigenvalue weighted by molar-refractivity contribution is 7.91. The van der Waals surface area contributed by atoms with Gasteiger partial charge in [0.15, 0.2) is 9.84 Å². The van der Waals surface area contributed by atoms with Crippen LogP contribution in [0.4, 0.5) is 0 Å². The Labute approximate surface area is 175 Å². The van der Waals surface area contributed by atoms with Crippen molar-refractivity contribution in [2.75, 3.05) is 11.5 Å². The summed E-state index contributed by atoms with van der Waals surface area (Å²) in [6.45, 7) is 2.74. The fraction of sp³-hybridized carbons (Fsp3) is 0.318. The van der Waals surface area contributed by atoms with Gasteiger partial charge in [0.25, 0.3) is 5.56 Å². The predicted octanol–water partition coefficient (Wildman–Crippen LogP) is 3.29. The number of halogens is 1. The lowest BCUT2D eigenvalue weighted by Gasteiger charge is -2.16. The fourth-order valence-corrected chi connectivity index (χ4v) is 5.76. The molecule has 1 saturated heterocycles. The molecule has 1 fully saturated rings. The second kappa shape index (κ2) is 7.94. The molecule has 2 heterocycles. The van der Waals surface area contributed by atoms with Gasteiger partial charge in [0, 0.05) is 23.2 Å². The number of nitrogens with one attached hydrogen (secondary N) is 1. The van der Waals surface area contributed by atoms with Gasteiger partial charge in [-0.3, -0.25) is 4.79 Å². The zero-order chi connectivity index (χ0) is 20.6. The third-order valence-electron chi connectivity index (χ3n) is 5.42. The van der Waals surface area contributed by atoms with Crippen molar-refractivity contribution in [3.05, 3.63) is 80.6 Å². The molecule has 29 heavy (non-hydrogen) atoms. The summed E-state index contributed by atoms with van der Waals surface area (Å²) in [5, 5.41) is 4.86. The Kier molecular flexibility index (Phi) is 5.51. The van der Waals surface area contributed by atoms with E-state index in [9.17, 15) is 13.2 Å². The van der Waals surface area contributed by atoms with Crippen LogP contribution in [0.3, 0.4) is 0 Å². The monoisotopic (exact) mass is 430 g/mol. The summed E-state index contributed by atoms with van der Waals surface area (Å²) in [6.07, 6.45) is 0.586. The molecular weight excluding hydrogens is 408 g/mol. The maximum atomic E-state index is 13.3. The highest BCUT2D eigenvalue weighted by Crippen LogP contribution is 2.21. The van der Waals surface area contributed by atoms with E-state index in [0.717, 1.165) is 22.0 Å². The lowest BCUT2D eigenvalue weighted by molar-refractivity contribution is 0.550. The summed E-state index contributed by atoms with van der Waals surface area (Å²) in [6, 6.07) is 15.3. The molecule has 1 N–H and O–H groups in total. The van der Waals surface area contributed by atoms with Crippen LogP contribution in [0, 0.1) is 6.92 Å². The van der Waals surface area contributed by atoms with E-state index in [0.29, 0.717) is 30.1 Å². The molecular formula is C22H23ClN2O3S. The van der Waals surface area contributed by atoms with E-state index in [1.807, 2.05) is 49.4 Å². The van der Waals surface area contributed by atoms with Gasteiger partial charge in [-0.25, -0.2) is 8.42 Å². The Morgan fingerprint density at radius 2 is 1.93 bits per heavy atom. The summed E-state index contributed by atoms with van der Waals surface area (Å²) in [5.41, 5.74) is 3.38. The number of sulfone groups is 1. The molecule has 1 aliphatic rings. The van der Waals surface area contributed by atoms with Crippen LogP contribution < -0.4 is 10.9 Å². The summed E-state index contributed by atoms with van der Waals surface area (Å²) >= 11 is 6.33. The second-order valence-corrected chi connectivity index (χ2v) is 10.3. The van der Waals surface area contributed by atoms with Crippen LogP contribution in [0.25, 0.3) is 10.9 Å². The minimum atomic E-state index is -2.96. The first-order chi connectivity index (χ1) is 13.8. The number of hydrogen-bond acceptors (Lipinski definition) is 4. The number of rotatable bonds is 5. The quantitative estimate of drug-likeness (QED) is 0.674. The summed E-state index contributed by atoms with van der Waals surface area (Å²) < 4.78 is 25.2. The normalized spacial score (nSPS) is 18.3. The highest BCUT2D eigenvalue weighted by Gasteiger charge is 2.27. The van der Waals surface area contributed by atoms with Crippen molar-refractivity contribution in [2.45, 2.75) is 32.5 Å². The SMILES string of the molecule is Cc1ccc2c(c1)cc(CNC1CCS(=O)(=O)C1)c(=O)n2Cc1ccccc1Cl. The van der Waals surface area contributed by atoms with Crippen molar-refractivity contribution in [1.82, 2.24) is 9.88 Å². The van der Waals surface area contributed by atoms with E-state index in [-0.39, 0.29) is 23.1 Å². The van der Waals surface area contributed by atoms with Gasteiger partial charge in [0.2, 0.25) is 0 Å². The summed E-state index contributed by atoms with van der Waals surface area (Å²) in [5.74, 6) is 0.339. The average Bonchev–Trinajstić information content (AvgIpc) is 3.03. The molecule has 0 saturated carbocycles. The Balaban J connectivity index is 1.72. The molecule has 0 bridgehead atoms. The van der Waals surface area contributed by atoms with E-state index in [4.69, 9.17) is 11.6 Å². The van der Waals surface area contributed by atoms with Gasteiger partial charge < -0.3 is 9.88 Å². The minimum absolute atomic E-state index is 0.0883. The zero-order valence-corrected chi connectivity index (χ0v) is 17.8. The molecule has 7 heteroatoms. The first-order valence-corrected chi connectivity index (χ1v) is 11.8. The van der Waals surface area contributed by atoms with Crippen LogP contribution in [0.15, 0.2) is 53.3 Å². The van der Waals surface area contributed by atoms with Crippen LogP contribution in [0.2, 0.25) is 5.02 Å². The molecule has 5 nitrogen and oxygen atoms in total. The fourth-order valence-electron chi connectivity index (χ4n) is 3.86. The smallest absolute Gasteiger partial charge is 0.255 e. The molecule has 0 amide bonds. The third kappa shape index (κ3) is 4.39. The molecule has 3 aromatic rings. The average molecular weight is 431 g/mol. The minimum Gasteiger partial charge on any atom is -0.309 e. The number of benzene rings is 2. The Bertz CT molecular complexity index is 1230. The first kappa shape index (κ1) is 20.1. The van der Waals surface area contributed by atoms with Crippen molar-refractivity contribution < 1.29 is 8.42 Å². The molecule has 4 rings (SSSR count). The molecule has 1 aliphatic heterocycles. The lowest BCUT2D eigenvalue weighted by atomic mass is 10.1. The van der Waals surface area contributed by atoms with E-state index >= 15 is 0 Å². The molecule has 2 aromatic carbocycles. The number of aromatic nitrogens is 1. The van der Waals surface area contributed by atoms with E-state index in [2.05, 4.69) is 11.4 Å². The van der Waals surface area contributed by atoms with Crippen LogP contribution in [-0.2, 0) is 22.9 Å². The van der Waals surface area contributed by atoms with Gasteiger partial charge in [-0.15, -0.1) is 0 Å². The van der Waals surface area contributed by atoms with Crippen LogP contribution >= 0.6 is 11.6 Å². The van der Waals surface area contributed by atoms with Gasteiger partial charge in [-0.05, 0) is 48.6 Å². The van der Waals surface area contributed by atoms with Gasteiger partial charge in [0.05, 0.1) is 23.6 Å². The largest absolute Gasteiger partial charge is 0.309 e. The van der Waals surface area contributed by atoms with Crippen LogP contribution in [0.5, 0.6) is 0 Å². The number of hydrogen-bond donors (Lipinski definition) is 1. The van der Waals surface area contributed by atoms with Gasteiger partial charge in [-0.2, -0.15) is 0 Å². The van der Waals surface area contributed by atoms with Gasteiger partial charge in [0.1, 0.15) is 0 Å². The maximum Gasteiger partial charge on any atom is 0.255 e. The Hall–Kier alpha value is -2.15. The molecule has 1 aromatic heterocycles. The first-order valence-electron chi connectivity index (χ1n) is 9.63. The van der Waals surface area contributed by atoms with Crippen molar-refractivity contribution in [3.63, 3.8) is 0 Å². The van der Waals surface area contributed by atoms with Crippen molar-refractivity contribution in [3.8, 4) is 0 Å². The zero-order valence-electron chi connectivity index (χ0n) is 16.2. The van der Waals surface area contributed by atoms with Crippen molar-refractivity contribution in [2.24, 2.45) is 0 Å². The Morgan fingerprint density at radius 1 is 1.14 bits per heavy atom. The van der Waals surface area contributed by atoms with Crippen molar-refractivity contribution in [1.29, 1.82) is 0 Å². The number of nitrogens with zero attached hydrogens (tertiary/aromatic N) is 1. The molecule has 0 aliphatic carbocycles. The van der Waals surface area contributed by atoms with Crippen LogP contribution in [-0.4, -0.2) is 30.5 Å². The molecule has 152 valence electrons. The molecule has 1 atom stereocenters. The van der Waals surface area contributed by atoms with Crippen molar-refractivity contribution >= 4 is 32.3 Å². The third-order valence-corrected chi connectivity index (χ3v) is 7.56. The predicted molar refractivity (Wildman–Crippen MR) is 117 cm³/mol. The van der Waals surface area contributed by atoms with E-state index < -0.39 is 9.84 Å². The standard InChI is InChI=1S/C22H23ClN2O3S/c1-15-6-7-21-17(10-15)11-18(12-24-19-8-9-29(27,28)14-19)22(26)25(21)13-16-4-2-3-5-20(16)23/h2-7,10-11,19,24H,8-9,12-14H2,1H3. The number of aryl methyl sites for hydroxylation is 1. The lowest BCUT2D eigenvalue weighted by Crippen LogP contribution is -2.33. The van der Waals surface area contributed by atoms with Crippen LogP contribution in [0.1, 0.15) is 23.1 Å². The topological polar surface area (TPSA) is 68.2 Å². The summed E-state index contributed by atoms with van der Waals surface area (Å²) in [4.78, 5) is 13.3. The van der Waals surface area contributed by atoms with Gasteiger partial charge in [-0.1, -0.05) is 41.4 Å². The maximum absolute atomic E-state index is 13.3. The van der Waals surface area contributed by atoms with E-state index in [1.165, 1.54) is 0 Å². The summed E-state index contributed by atoms with van der Waals surface area (Å²) in [7, 11) is -2.96. The Morgan fingerprint density at radius 3 is 2.66 bits per heavy atom. The molecule has 1 unspecified atom stereocenters. The van der Waals surface area contributed by atoms with Gasteiger partial charge >= 0.3 is 0 Å². The molecule has 0 radical (unpaired) electrons. The number of fused-ring (bicyclic) bond motifs is 1. The second-order valence-electron chi connectivity index (χ2n) is 7.70. The molecule has 0 spiro atoms. The number of pyridine rings is 1. The van der Waals surface area contributed by atoms with E-state index in [1.54, 1.807) is 4.57 Å².